The minimum Gasteiger partial charge on any atom is -0.483 e. The predicted octanol–water partition coefficient (Wildman–Crippen LogP) is 6.47. The van der Waals surface area contributed by atoms with Crippen LogP contribution >= 0.6 is 23.1 Å². The molecular weight excluding hydrogens is 532 g/mol. The summed E-state index contributed by atoms with van der Waals surface area (Å²) >= 11 is 2.60. The molecule has 202 valence electrons. The summed E-state index contributed by atoms with van der Waals surface area (Å²) < 4.78 is 13.0. The Bertz CT molecular complexity index is 1460. The average Bonchev–Trinajstić information content (AvgIpc) is 3.49. The van der Waals surface area contributed by atoms with Crippen molar-refractivity contribution in [3.05, 3.63) is 89.1 Å². The second-order valence-corrected chi connectivity index (χ2v) is 10.9. The minimum atomic E-state index is -0.501. The maximum atomic E-state index is 13.0. The fraction of sp³-hybridized carbons (Fsp3) is 0.241. The van der Waals surface area contributed by atoms with E-state index in [0.29, 0.717) is 28.1 Å². The molecule has 0 radical (unpaired) electrons. The van der Waals surface area contributed by atoms with Gasteiger partial charge in [-0.1, -0.05) is 65.9 Å². The van der Waals surface area contributed by atoms with E-state index in [9.17, 15) is 9.59 Å². The Morgan fingerprint density at radius 3 is 2.51 bits per heavy atom. The number of aryl methyl sites for hydroxylation is 2. The number of amides is 1. The van der Waals surface area contributed by atoms with Crippen LogP contribution in [0, 0.1) is 13.8 Å². The van der Waals surface area contributed by atoms with E-state index in [-0.39, 0.29) is 17.8 Å². The van der Waals surface area contributed by atoms with Crippen molar-refractivity contribution in [3.63, 3.8) is 0 Å². The molecule has 10 heteroatoms. The van der Waals surface area contributed by atoms with Crippen molar-refractivity contribution >= 4 is 40.0 Å². The molecule has 0 aliphatic rings. The second kappa shape index (κ2) is 12.8. The average molecular weight is 563 g/mol. The summed E-state index contributed by atoms with van der Waals surface area (Å²) in [5, 5.41) is 12.6. The molecule has 0 aliphatic heterocycles. The highest BCUT2D eigenvalue weighted by Crippen LogP contribution is 2.40. The number of thiophene rings is 1. The van der Waals surface area contributed by atoms with Crippen LogP contribution in [0.3, 0.4) is 0 Å². The van der Waals surface area contributed by atoms with Gasteiger partial charge in [0.25, 0.3) is 0 Å². The van der Waals surface area contributed by atoms with Crippen molar-refractivity contribution in [1.82, 2.24) is 14.8 Å². The summed E-state index contributed by atoms with van der Waals surface area (Å²) in [4.78, 5) is 26.6. The van der Waals surface area contributed by atoms with Gasteiger partial charge in [-0.25, -0.2) is 4.79 Å². The van der Waals surface area contributed by atoms with E-state index in [1.165, 1.54) is 30.2 Å². The van der Waals surface area contributed by atoms with Crippen molar-refractivity contribution < 1.29 is 19.1 Å². The van der Waals surface area contributed by atoms with Crippen LogP contribution in [0.15, 0.2) is 72.4 Å². The van der Waals surface area contributed by atoms with Crippen molar-refractivity contribution in [1.29, 1.82) is 0 Å². The van der Waals surface area contributed by atoms with Gasteiger partial charge < -0.3 is 14.8 Å². The third-order valence-corrected chi connectivity index (χ3v) is 7.86. The van der Waals surface area contributed by atoms with Gasteiger partial charge in [0.2, 0.25) is 5.91 Å². The first-order chi connectivity index (χ1) is 18.8. The molecule has 0 saturated carbocycles. The number of allylic oxidation sites excluding steroid dienone is 1. The van der Waals surface area contributed by atoms with Gasteiger partial charge >= 0.3 is 5.97 Å². The number of aromatic nitrogens is 3. The SMILES string of the molecule is C=CCn1c(SCC(=O)Nc2sc(C)c(-c3ccccc3)c2C(=O)OC)nnc1C(C)Oc1ccc(C)cc1. The lowest BCUT2D eigenvalue weighted by molar-refractivity contribution is -0.113. The van der Waals surface area contributed by atoms with E-state index in [4.69, 9.17) is 9.47 Å². The first-order valence-electron chi connectivity index (χ1n) is 12.3. The van der Waals surface area contributed by atoms with Crippen molar-refractivity contribution in [2.75, 3.05) is 18.2 Å². The first kappa shape index (κ1) is 28.1. The van der Waals surface area contributed by atoms with Crippen LogP contribution in [0.1, 0.15) is 39.7 Å². The largest absolute Gasteiger partial charge is 0.483 e. The summed E-state index contributed by atoms with van der Waals surface area (Å²) in [6.45, 7) is 10.2. The first-order valence-corrected chi connectivity index (χ1v) is 14.1. The summed E-state index contributed by atoms with van der Waals surface area (Å²) in [7, 11) is 1.33. The predicted molar refractivity (Wildman–Crippen MR) is 156 cm³/mol. The normalized spacial score (nSPS) is 11.6. The van der Waals surface area contributed by atoms with Crippen molar-refractivity contribution in [3.8, 4) is 16.9 Å². The lowest BCUT2D eigenvalue weighted by Crippen LogP contribution is -2.17. The van der Waals surface area contributed by atoms with Gasteiger partial charge in [0.05, 0.1) is 12.9 Å². The number of carbonyl (C=O) groups is 2. The topological polar surface area (TPSA) is 95.3 Å². The van der Waals surface area contributed by atoms with Gasteiger partial charge in [0.1, 0.15) is 16.3 Å². The number of nitrogens with one attached hydrogen (secondary N) is 1. The number of methoxy groups -OCH3 is 1. The second-order valence-electron chi connectivity index (χ2n) is 8.75. The highest BCUT2D eigenvalue weighted by atomic mass is 32.2. The van der Waals surface area contributed by atoms with Crippen molar-refractivity contribution in [2.24, 2.45) is 0 Å². The van der Waals surface area contributed by atoms with Crippen LogP contribution in [0.4, 0.5) is 5.00 Å². The highest BCUT2D eigenvalue weighted by Gasteiger charge is 2.25. The molecule has 2 heterocycles. The van der Waals surface area contributed by atoms with E-state index in [1.807, 2.05) is 79.9 Å². The molecule has 0 bridgehead atoms. The molecule has 1 atom stereocenters. The zero-order valence-corrected chi connectivity index (χ0v) is 23.9. The molecule has 0 saturated heterocycles. The molecule has 2 aromatic carbocycles. The van der Waals surface area contributed by atoms with Crippen LogP contribution in [0.5, 0.6) is 5.75 Å². The molecule has 2 aromatic heterocycles. The summed E-state index contributed by atoms with van der Waals surface area (Å²) in [5.74, 6) is 0.662. The Kier molecular flexibility index (Phi) is 9.21. The molecule has 1 N–H and O–H groups in total. The van der Waals surface area contributed by atoms with Gasteiger partial charge in [0.15, 0.2) is 17.1 Å². The Labute approximate surface area is 236 Å². The van der Waals surface area contributed by atoms with Crippen LogP contribution in [0.25, 0.3) is 11.1 Å². The maximum absolute atomic E-state index is 13.0. The van der Waals surface area contributed by atoms with Crippen LogP contribution in [0.2, 0.25) is 0 Å². The smallest absolute Gasteiger partial charge is 0.341 e. The number of ether oxygens (including phenoxy) is 2. The summed E-state index contributed by atoms with van der Waals surface area (Å²) in [6.07, 6.45) is 1.38. The van der Waals surface area contributed by atoms with Crippen LogP contribution in [-0.4, -0.2) is 39.5 Å². The Hall–Kier alpha value is -3.89. The number of thioether (sulfide) groups is 1. The third kappa shape index (κ3) is 6.58. The van der Waals surface area contributed by atoms with Gasteiger partial charge in [-0.3, -0.25) is 9.36 Å². The molecule has 0 fully saturated rings. The number of esters is 1. The van der Waals surface area contributed by atoms with Gasteiger partial charge in [-0.05, 0) is 38.5 Å². The number of hydrogen-bond donors (Lipinski definition) is 1. The van der Waals surface area contributed by atoms with Crippen LogP contribution < -0.4 is 10.1 Å². The molecule has 4 aromatic rings. The fourth-order valence-electron chi connectivity index (χ4n) is 4.06. The van der Waals surface area contributed by atoms with E-state index in [2.05, 4.69) is 22.1 Å². The molecule has 0 spiro atoms. The molecule has 0 aliphatic carbocycles. The minimum absolute atomic E-state index is 0.0701. The number of rotatable bonds is 11. The number of anilines is 1. The molecule has 8 nitrogen and oxygen atoms in total. The van der Waals surface area contributed by atoms with Gasteiger partial charge in [0, 0.05) is 17.0 Å². The third-order valence-electron chi connectivity index (χ3n) is 5.88. The number of hydrogen-bond acceptors (Lipinski definition) is 8. The van der Waals surface area contributed by atoms with E-state index in [1.54, 1.807) is 6.08 Å². The molecule has 39 heavy (non-hydrogen) atoms. The van der Waals surface area contributed by atoms with Gasteiger partial charge in [-0.15, -0.1) is 28.1 Å². The number of carbonyl (C=O) groups excluding carboxylic acids is 2. The Morgan fingerprint density at radius 2 is 1.85 bits per heavy atom. The molecule has 4 rings (SSSR count). The Balaban J connectivity index is 1.49. The standard InChI is InChI=1S/C29H30N4O4S2/c1-6-16-33-26(19(3)37-22-14-12-18(2)13-15-22)31-32-29(33)38-17-23(34)30-27-25(28(35)36-5)24(20(4)39-27)21-10-8-7-9-11-21/h6-15,19H,1,16-17H2,2-5H3,(H,30,34). The monoisotopic (exact) mass is 562 g/mol. The molecule has 1 amide bonds. The lowest BCUT2D eigenvalue weighted by Gasteiger charge is -2.16. The number of nitrogens with zero attached hydrogens (tertiary/aromatic N) is 3. The van der Waals surface area contributed by atoms with E-state index >= 15 is 0 Å². The van der Waals surface area contributed by atoms with E-state index < -0.39 is 5.97 Å². The summed E-state index contributed by atoms with van der Waals surface area (Å²) in [6, 6.07) is 17.4. The fourth-order valence-corrected chi connectivity index (χ4v) is 5.89. The molecule has 1 unspecified atom stereocenters. The van der Waals surface area contributed by atoms with Crippen LogP contribution in [-0.2, 0) is 16.1 Å². The highest BCUT2D eigenvalue weighted by molar-refractivity contribution is 7.99. The van der Waals surface area contributed by atoms with Gasteiger partial charge in [-0.2, -0.15) is 0 Å². The Morgan fingerprint density at radius 1 is 1.13 bits per heavy atom. The lowest BCUT2D eigenvalue weighted by atomic mass is 10.0. The maximum Gasteiger partial charge on any atom is 0.341 e. The zero-order chi connectivity index (χ0) is 27.9. The van der Waals surface area contributed by atoms with E-state index in [0.717, 1.165) is 27.3 Å². The number of benzene rings is 2. The molecular formula is C29H30N4O4S2. The quantitative estimate of drug-likeness (QED) is 0.127. The summed E-state index contributed by atoms with van der Waals surface area (Å²) in [5.41, 5.74) is 3.14. The zero-order valence-electron chi connectivity index (χ0n) is 22.3. The van der Waals surface area contributed by atoms with Crippen molar-refractivity contribution in [2.45, 2.75) is 38.6 Å².